The predicted molar refractivity (Wildman–Crippen MR) is 62.3 cm³/mol. The Morgan fingerprint density at radius 1 is 1.61 bits per heavy atom. The standard InChI is InChI=1S/C12H14FN3O2/c1-16-7-9(2-3-11(16)17)15-12(18)8-4-5-14-10(13)6-8/h4-6,9H,2-3,7H2,1H3,(H,15,18)/t9-/m1/s1. The van der Waals surface area contributed by atoms with Gasteiger partial charge in [-0.05, 0) is 12.5 Å². The molecule has 5 nitrogen and oxygen atoms in total. The molecule has 1 atom stereocenters. The number of likely N-dealkylation sites (N-methyl/N-ethyl adjacent to an activating group) is 1. The molecule has 96 valence electrons. The summed E-state index contributed by atoms with van der Waals surface area (Å²) in [5, 5.41) is 2.79. The molecule has 0 spiro atoms. The van der Waals surface area contributed by atoms with Gasteiger partial charge in [0.15, 0.2) is 0 Å². The van der Waals surface area contributed by atoms with Gasteiger partial charge in [-0.1, -0.05) is 0 Å². The zero-order valence-electron chi connectivity index (χ0n) is 10.0. The number of amides is 2. The van der Waals surface area contributed by atoms with Crippen molar-refractivity contribution in [2.75, 3.05) is 13.6 Å². The van der Waals surface area contributed by atoms with Gasteiger partial charge < -0.3 is 10.2 Å². The molecule has 1 aromatic heterocycles. The number of likely N-dealkylation sites (tertiary alicyclic amines) is 1. The van der Waals surface area contributed by atoms with E-state index in [1.54, 1.807) is 11.9 Å². The highest BCUT2D eigenvalue weighted by molar-refractivity contribution is 5.94. The van der Waals surface area contributed by atoms with Crippen LogP contribution in [-0.2, 0) is 4.79 Å². The number of carbonyl (C=O) groups is 2. The normalized spacial score (nSPS) is 19.8. The van der Waals surface area contributed by atoms with Gasteiger partial charge in [0.1, 0.15) is 0 Å². The SMILES string of the molecule is CN1C[C@H](NC(=O)c2ccnc(F)c2)CCC1=O. The van der Waals surface area contributed by atoms with Crippen molar-refractivity contribution in [2.45, 2.75) is 18.9 Å². The number of hydrogen-bond donors (Lipinski definition) is 1. The second-order valence-electron chi connectivity index (χ2n) is 4.35. The van der Waals surface area contributed by atoms with E-state index in [-0.39, 0.29) is 23.4 Å². The quantitative estimate of drug-likeness (QED) is 0.782. The molecule has 1 fully saturated rings. The number of piperidine rings is 1. The molecule has 1 aromatic rings. The molecule has 1 aliphatic rings. The van der Waals surface area contributed by atoms with E-state index in [2.05, 4.69) is 10.3 Å². The lowest BCUT2D eigenvalue weighted by Crippen LogP contribution is -2.48. The largest absolute Gasteiger partial charge is 0.348 e. The monoisotopic (exact) mass is 251 g/mol. The summed E-state index contributed by atoms with van der Waals surface area (Å²) in [6, 6.07) is 2.46. The fraction of sp³-hybridized carbons (Fsp3) is 0.417. The Labute approximate surface area is 104 Å². The first-order chi connectivity index (χ1) is 8.56. The van der Waals surface area contributed by atoms with Gasteiger partial charge in [0.05, 0.1) is 0 Å². The first-order valence-electron chi connectivity index (χ1n) is 5.72. The Balaban J connectivity index is 1.98. The molecule has 0 unspecified atom stereocenters. The average Bonchev–Trinajstić information content (AvgIpc) is 2.34. The lowest BCUT2D eigenvalue weighted by molar-refractivity contribution is -0.132. The molecule has 6 heteroatoms. The molecule has 0 saturated carbocycles. The maximum atomic E-state index is 12.9. The number of rotatable bonds is 2. The molecule has 2 heterocycles. The predicted octanol–water partition coefficient (Wildman–Crippen LogP) is 0.571. The van der Waals surface area contributed by atoms with Crippen molar-refractivity contribution in [1.82, 2.24) is 15.2 Å². The van der Waals surface area contributed by atoms with Crippen molar-refractivity contribution in [3.8, 4) is 0 Å². The summed E-state index contributed by atoms with van der Waals surface area (Å²) in [6.07, 6.45) is 2.29. The number of nitrogens with zero attached hydrogens (tertiary/aromatic N) is 2. The van der Waals surface area contributed by atoms with Gasteiger partial charge in [-0.15, -0.1) is 0 Å². The smallest absolute Gasteiger partial charge is 0.251 e. The topological polar surface area (TPSA) is 62.3 Å². The maximum absolute atomic E-state index is 12.9. The maximum Gasteiger partial charge on any atom is 0.251 e. The molecule has 0 aromatic carbocycles. The van der Waals surface area contributed by atoms with E-state index in [4.69, 9.17) is 0 Å². The molecule has 2 amide bonds. The van der Waals surface area contributed by atoms with E-state index in [1.165, 1.54) is 12.3 Å². The Hall–Kier alpha value is -1.98. The van der Waals surface area contributed by atoms with Gasteiger partial charge in [-0.25, -0.2) is 4.98 Å². The zero-order valence-corrected chi connectivity index (χ0v) is 10.0. The summed E-state index contributed by atoms with van der Waals surface area (Å²) in [6.45, 7) is 0.484. The van der Waals surface area contributed by atoms with Crippen LogP contribution in [0.25, 0.3) is 0 Å². The third-order valence-corrected chi connectivity index (χ3v) is 2.95. The van der Waals surface area contributed by atoms with Crippen molar-refractivity contribution in [2.24, 2.45) is 0 Å². The number of hydrogen-bond acceptors (Lipinski definition) is 3. The number of carbonyl (C=O) groups excluding carboxylic acids is 2. The highest BCUT2D eigenvalue weighted by Gasteiger charge is 2.24. The minimum Gasteiger partial charge on any atom is -0.348 e. The van der Waals surface area contributed by atoms with Crippen molar-refractivity contribution in [3.05, 3.63) is 29.8 Å². The summed E-state index contributed by atoms with van der Waals surface area (Å²) >= 11 is 0. The van der Waals surface area contributed by atoms with Gasteiger partial charge in [0.2, 0.25) is 11.9 Å². The summed E-state index contributed by atoms with van der Waals surface area (Å²) in [4.78, 5) is 28.1. The molecule has 1 N–H and O–H groups in total. The van der Waals surface area contributed by atoms with E-state index in [0.717, 1.165) is 6.07 Å². The second-order valence-corrected chi connectivity index (χ2v) is 4.35. The van der Waals surface area contributed by atoms with Crippen LogP contribution in [0.5, 0.6) is 0 Å². The molecular weight excluding hydrogens is 237 g/mol. The van der Waals surface area contributed by atoms with Crippen molar-refractivity contribution >= 4 is 11.8 Å². The molecule has 0 radical (unpaired) electrons. The fourth-order valence-electron chi connectivity index (χ4n) is 1.94. The zero-order chi connectivity index (χ0) is 13.1. The molecule has 2 rings (SSSR count). The van der Waals surface area contributed by atoms with Crippen LogP contribution in [-0.4, -0.2) is 41.3 Å². The van der Waals surface area contributed by atoms with Crippen LogP contribution in [0.4, 0.5) is 4.39 Å². The molecular formula is C12H14FN3O2. The van der Waals surface area contributed by atoms with Crippen LogP contribution >= 0.6 is 0 Å². The van der Waals surface area contributed by atoms with Crippen molar-refractivity contribution < 1.29 is 14.0 Å². The molecule has 1 saturated heterocycles. The second kappa shape index (κ2) is 5.12. The lowest BCUT2D eigenvalue weighted by Gasteiger charge is -2.30. The van der Waals surface area contributed by atoms with Crippen LogP contribution in [0.1, 0.15) is 23.2 Å². The number of nitrogens with one attached hydrogen (secondary N) is 1. The summed E-state index contributed by atoms with van der Waals surface area (Å²) in [5.74, 6) is -0.946. The molecule has 1 aliphatic heterocycles. The van der Waals surface area contributed by atoms with Gasteiger partial charge in [0, 0.05) is 43.9 Å². The first kappa shape index (κ1) is 12.5. The third-order valence-electron chi connectivity index (χ3n) is 2.95. The Kier molecular flexibility index (Phi) is 3.55. The van der Waals surface area contributed by atoms with E-state index in [1.807, 2.05) is 0 Å². The van der Waals surface area contributed by atoms with Crippen molar-refractivity contribution in [3.63, 3.8) is 0 Å². The summed E-state index contributed by atoms with van der Waals surface area (Å²) in [5.41, 5.74) is 0.238. The highest BCUT2D eigenvalue weighted by Crippen LogP contribution is 2.10. The summed E-state index contributed by atoms with van der Waals surface area (Å²) in [7, 11) is 1.70. The van der Waals surface area contributed by atoms with E-state index < -0.39 is 5.95 Å². The molecule has 0 bridgehead atoms. The Morgan fingerprint density at radius 3 is 3.06 bits per heavy atom. The van der Waals surface area contributed by atoms with Gasteiger partial charge in [-0.3, -0.25) is 9.59 Å². The van der Waals surface area contributed by atoms with Crippen LogP contribution in [0.15, 0.2) is 18.3 Å². The molecule has 18 heavy (non-hydrogen) atoms. The van der Waals surface area contributed by atoms with E-state index in [0.29, 0.717) is 19.4 Å². The highest BCUT2D eigenvalue weighted by atomic mass is 19.1. The summed E-state index contributed by atoms with van der Waals surface area (Å²) < 4.78 is 12.9. The average molecular weight is 251 g/mol. The van der Waals surface area contributed by atoms with Gasteiger partial charge in [-0.2, -0.15) is 4.39 Å². The first-order valence-corrected chi connectivity index (χ1v) is 5.72. The minimum absolute atomic E-state index is 0.0791. The van der Waals surface area contributed by atoms with Crippen LogP contribution in [0.2, 0.25) is 0 Å². The third kappa shape index (κ3) is 2.82. The Morgan fingerprint density at radius 2 is 2.39 bits per heavy atom. The van der Waals surface area contributed by atoms with Gasteiger partial charge in [0.25, 0.3) is 5.91 Å². The van der Waals surface area contributed by atoms with Gasteiger partial charge >= 0.3 is 0 Å². The number of pyridine rings is 1. The lowest BCUT2D eigenvalue weighted by atomic mass is 10.1. The fourth-order valence-corrected chi connectivity index (χ4v) is 1.94. The van der Waals surface area contributed by atoms with Crippen LogP contribution < -0.4 is 5.32 Å². The number of halogens is 1. The minimum atomic E-state index is -0.682. The molecule has 0 aliphatic carbocycles. The van der Waals surface area contributed by atoms with E-state index >= 15 is 0 Å². The van der Waals surface area contributed by atoms with Crippen LogP contribution in [0, 0.1) is 5.95 Å². The van der Waals surface area contributed by atoms with E-state index in [9.17, 15) is 14.0 Å². The van der Waals surface area contributed by atoms with Crippen LogP contribution in [0.3, 0.4) is 0 Å². The Bertz CT molecular complexity index is 478. The number of aromatic nitrogens is 1. The van der Waals surface area contributed by atoms with Crippen molar-refractivity contribution in [1.29, 1.82) is 0 Å².